The van der Waals surface area contributed by atoms with Gasteiger partial charge in [0, 0.05) is 18.3 Å². The zero-order chi connectivity index (χ0) is 22.4. The van der Waals surface area contributed by atoms with Crippen molar-refractivity contribution in [3.05, 3.63) is 40.1 Å². The average Bonchev–Trinajstić information content (AvgIpc) is 3.16. The highest BCUT2D eigenvalue weighted by atomic mass is 32.1. The van der Waals surface area contributed by atoms with Crippen molar-refractivity contribution in [2.75, 3.05) is 18.4 Å². The van der Waals surface area contributed by atoms with Crippen molar-refractivity contribution in [2.45, 2.75) is 58.2 Å². The van der Waals surface area contributed by atoms with Gasteiger partial charge in [0.2, 0.25) is 5.01 Å². The lowest BCUT2D eigenvalue weighted by Gasteiger charge is -2.35. The molecule has 0 bridgehead atoms. The molecule has 1 aromatic carbocycles. The first-order valence-electron chi connectivity index (χ1n) is 10.3. The van der Waals surface area contributed by atoms with Crippen molar-refractivity contribution in [1.29, 1.82) is 0 Å². The molecule has 2 aromatic rings. The maximum atomic E-state index is 13.0. The van der Waals surface area contributed by atoms with Gasteiger partial charge in [0.25, 0.3) is 5.91 Å². The Hall–Kier alpha value is -2.59. The van der Waals surface area contributed by atoms with Gasteiger partial charge in [0.15, 0.2) is 0 Å². The molecule has 1 aliphatic heterocycles. The molecular weight excluding hydrogens is 421 g/mol. The maximum absolute atomic E-state index is 13.0. The second kappa shape index (κ2) is 10.1. The summed E-state index contributed by atoms with van der Waals surface area (Å²) in [5, 5.41) is 14.7. The second-order valence-corrected chi connectivity index (χ2v) is 9.53. The van der Waals surface area contributed by atoms with E-state index in [0.717, 1.165) is 30.8 Å². The molecule has 168 valence electrons. The lowest BCUT2D eigenvalue weighted by molar-refractivity contribution is 0.0492. The smallest absolute Gasteiger partial charge is 0.407 e. The quantitative estimate of drug-likeness (QED) is 0.696. The molecule has 1 saturated heterocycles. The van der Waals surface area contributed by atoms with E-state index in [9.17, 15) is 14.0 Å². The topological polar surface area (TPSA) is 96.4 Å². The summed E-state index contributed by atoms with van der Waals surface area (Å²) < 4.78 is 18.3. The third-order valence-corrected chi connectivity index (χ3v) is 5.64. The van der Waals surface area contributed by atoms with E-state index in [0.29, 0.717) is 18.8 Å². The lowest BCUT2D eigenvalue weighted by Crippen LogP contribution is -2.47. The summed E-state index contributed by atoms with van der Waals surface area (Å²) in [6.07, 6.45) is 2.71. The summed E-state index contributed by atoms with van der Waals surface area (Å²) >= 11 is 1.23. The van der Waals surface area contributed by atoms with Gasteiger partial charge in [-0.3, -0.25) is 9.69 Å². The number of rotatable bonds is 6. The number of anilines is 1. The molecule has 0 radical (unpaired) electrons. The highest BCUT2D eigenvalue weighted by molar-refractivity contribution is 7.13. The van der Waals surface area contributed by atoms with Gasteiger partial charge in [0.1, 0.15) is 16.4 Å². The van der Waals surface area contributed by atoms with E-state index in [1.807, 2.05) is 20.8 Å². The van der Waals surface area contributed by atoms with Crippen LogP contribution in [0.4, 0.5) is 14.9 Å². The molecule has 3 rings (SSSR count). The standard InChI is InChI=1S/C21H28FN5O3S/c1-21(2,3)30-20(29)23-12-16-6-4-5-11-27(16)13-17-25-26-19(31-17)18(28)24-15-9-7-14(22)8-10-15/h7-10,16H,4-6,11-13H2,1-3H3,(H,23,29)(H,24,28). The summed E-state index contributed by atoms with van der Waals surface area (Å²) in [4.78, 5) is 26.6. The van der Waals surface area contributed by atoms with Crippen LogP contribution >= 0.6 is 11.3 Å². The number of benzene rings is 1. The van der Waals surface area contributed by atoms with Crippen LogP contribution in [0.5, 0.6) is 0 Å². The van der Waals surface area contributed by atoms with Gasteiger partial charge in [0.05, 0.1) is 6.54 Å². The van der Waals surface area contributed by atoms with Crippen LogP contribution < -0.4 is 10.6 Å². The van der Waals surface area contributed by atoms with Gasteiger partial charge in [-0.2, -0.15) is 0 Å². The Bertz CT molecular complexity index is 897. The van der Waals surface area contributed by atoms with Gasteiger partial charge in [-0.25, -0.2) is 9.18 Å². The number of carbonyl (C=O) groups excluding carboxylic acids is 2. The minimum Gasteiger partial charge on any atom is -0.444 e. The van der Waals surface area contributed by atoms with Gasteiger partial charge in [-0.15, -0.1) is 10.2 Å². The highest BCUT2D eigenvalue weighted by Crippen LogP contribution is 2.22. The van der Waals surface area contributed by atoms with E-state index in [4.69, 9.17) is 4.74 Å². The van der Waals surface area contributed by atoms with Crippen LogP contribution in [-0.4, -0.2) is 51.8 Å². The molecule has 1 atom stereocenters. The van der Waals surface area contributed by atoms with Gasteiger partial charge in [-0.05, 0) is 64.4 Å². The molecule has 1 aliphatic rings. The van der Waals surface area contributed by atoms with E-state index < -0.39 is 11.7 Å². The third kappa shape index (κ3) is 7.25. The van der Waals surface area contributed by atoms with Crippen LogP contribution in [0.2, 0.25) is 0 Å². The summed E-state index contributed by atoms with van der Waals surface area (Å²) in [6, 6.07) is 5.71. The molecule has 0 spiro atoms. The molecule has 31 heavy (non-hydrogen) atoms. The zero-order valence-corrected chi connectivity index (χ0v) is 18.8. The summed E-state index contributed by atoms with van der Waals surface area (Å²) in [7, 11) is 0. The fourth-order valence-electron chi connectivity index (χ4n) is 3.32. The van der Waals surface area contributed by atoms with Crippen LogP contribution in [0.1, 0.15) is 54.8 Å². The Balaban J connectivity index is 1.55. The van der Waals surface area contributed by atoms with Crippen LogP contribution in [0.3, 0.4) is 0 Å². The summed E-state index contributed by atoms with van der Waals surface area (Å²) in [5.74, 6) is -0.745. The molecule has 10 heteroatoms. The van der Waals surface area contributed by atoms with Crippen molar-refractivity contribution < 1.29 is 18.7 Å². The number of ether oxygens (including phenoxy) is 1. The third-order valence-electron chi connectivity index (χ3n) is 4.73. The zero-order valence-electron chi connectivity index (χ0n) is 18.0. The fourth-order valence-corrected chi connectivity index (χ4v) is 4.08. The van der Waals surface area contributed by atoms with Gasteiger partial charge < -0.3 is 15.4 Å². The number of halogens is 1. The van der Waals surface area contributed by atoms with E-state index in [2.05, 4.69) is 25.7 Å². The Labute approximate surface area is 185 Å². The number of nitrogens with zero attached hydrogens (tertiary/aromatic N) is 3. The molecule has 8 nitrogen and oxygen atoms in total. The molecule has 0 saturated carbocycles. The monoisotopic (exact) mass is 449 g/mol. The average molecular weight is 450 g/mol. The first-order valence-corrected chi connectivity index (χ1v) is 11.1. The predicted octanol–water partition coefficient (Wildman–Crippen LogP) is 3.81. The van der Waals surface area contributed by atoms with Gasteiger partial charge in [-0.1, -0.05) is 17.8 Å². The first-order chi connectivity index (χ1) is 14.7. The second-order valence-electron chi connectivity index (χ2n) is 8.46. The molecule has 1 fully saturated rings. The molecular formula is C21H28FN5O3S. The SMILES string of the molecule is CC(C)(C)OC(=O)NCC1CCCCN1Cc1nnc(C(=O)Nc2ccc(F)cc2)s1. The first kappa shape index (κ1) is 23.1. The minimum absolute atomic E-state index is 0.168. The number of hydrogen-bond donors (Lipinski definition) is 2. The molecule has 2 amide bonds. The largest absolute Gasteiger partial charge is 0.444 e. The molecule has 1 aromatic heterocycles. The number of amides is 2. The summed E-state index contributed by atoms with van der Waals surface area (Å²) in [6.45, 7) is 7.43. The normalized spacial score (nSPS) is 17.2. The Kier molecular flexibility index (Phi) is 7.55. The number of carbonyl (C=O) groups is 2. The number of alkyl carbamates (subject to hydrolysis) is 1. The highest BCUT2D eigenvalue weighted by Gasteiger charge is 2.26. The van der Waals surface area contributed by atoms with E-state index in [1.54, 1.807) is 0 Å². The number of aromatic nitrogens is 2. The minimum atomic E-state index is -0.534. The van der Waals surface area contributed by atoms with E-state index in [1.165, 1.54) is 35.6 Å². The van der Waals surface area contributed by atoms with Crippen molar-refractivity contribution in [1.82, 2.24) is 20.4 Å². The molecule has 2 heterocycles. The lowest BCUT2D eigenvalue weighted by atomic mass is 10.0. The number of hydrogen-bond acceptors (Lipinski definition) is 7. The van der Waals surface area contributed by atoms with Crippen LogP contribution in [0.15, 0.2) is 24.3 Å². The van der Waals surface area contributed by atoms with Gasteiger partial charge >= 0.3 is 6.09 Å². The van der Waals surface area contributed by atoms with Crippen molar-refractivity contribution in [3.63, 3.8) is 0 Å². The van der Waals surface area contributed by atoms with Crippen molar-refractivity contribution >= 4 is 29.0 Å². The predicted molar refractivity (Wildman–Crippen MR) is 117 cm³/mol. The Morgan fingerprint density at radius 3 is 2.68 bits per heavy atom. The van der Waals surface area contributed by atoms with E-state index >= 15 is 0 Å². The molecule has 0 aliphatic carbocycles. The fraction of sp³-hybridized carbons (Fsp3) is 0.524. The maximum Gasteiger partial charge on any atom is 0.407 e. The van der Waals surface area contributed by atoms with E-state index in [-0.39, 0.29) is 22.8 Å². The van der Waals surface area contributed by atoms with Crippen LogP contribution in [0, 0.1) is 5.82 Å². The van der Waals surface area contributed by atoms with Crippen LogP contribution in [-0.2, 0) is 11.3 Å². The number of nitrogens with one attached hydrogen (secondary N) is 2. The molecule has 2 N–H and O–H groups in total. The number of piperidine rings is 1. The number of likely N-dealkylation sites (tertiary alicyclic amines) is 1. The van der Waals surface area contributed by atoms with Crippen molar-refractivity contribution in [2.24, 2.45) is 0 Å². The molecule has 1 unspecified atom stereocenters. The summed E-state index contributed by atoms with van der Waals surface area (Å²) in [5.41, 5.74) is -0.0409. The Morgan fingerprint density at radius 2 is 1.97 bits per heavy atom. The Morgan fingerprint density at radius 1 is 1.23 bits per heavy atom. The van der Waals surface area contributed by atoms with Crippen molar-refractivity contribution in [3.8, 4) is 0 Å². The van der Waals surface area contributed by atoms with Crippen LogP contribution in [0.25, 0.3) is 0 Å².